The van der Waals surface area contributed by atoms with E-state index in [0.29, 0.717) is 5.13 Å². The smallest absolute Gasteiger partial charge is 0.250 e. The first-order valence-corrected chi connectivity index (χ1v) is 9.26. The molecule has 0 saturated heterocycles. The average Bonchev–Trinajstić information content (AvgIpc) is 3.09. The highest BCUT2D eigenvalue weighted by Gasteiger charge is 2.07. The molecule has 3 aromatic rings. The van der Waals surface area contributed by atoms with Crippen LogP contribution in [0.3, 0.4) is 0 Å². The first kappa shape index (κ1) is 18.0. The molecule has 0 atom stereocenters. The van der Waals surface area contributed by atoms with E-state index in [1.54, 1.807) is 6.08 Å². The number of nitrogens with one attached hydrogen (secondary N) is 2. The first-order valence-electron chi connectivity index (χ1n) is 7.98. The van der Waals surface area contributed by atoms with Gasteiger partial charge < -0.3 is 5.32 Å². The molecule has 0 fully saturated rings. The summed E-state index contributed by atoms with van der Waals surface area (Å²) >= 11 is 6.61. The molecule has 2 aromatic carbocycles. The number of thiazole rings is 1. The lowest BCUT2D eigenvalue weighted by Crippen LogP contribution is -2.32. The second-order valence-electron chi connectivity index (χ2n) is 5.59. The highest BCUT2D eigenvalue weighted by Crippen LogP contribution is 2.25. The van der Waals surface area contributed by atoms with Crippen LogP contribution >= 0.6 is 23.6 Å². The van der Waals surface area contributed by atoms with Crippen molar-refractivity contribution in [1.29, 1.82) is 0 Å². The molecule has 26 heavy (non-hydrogen) atoms. The summed E-state index contributed by atoms with van der Waals surface area (Å²) in [6.45, 7) is 2.05. The maximum absolute atomic E-state index is 11.9. The number of amides is 1. The highest BCUT2D eigenvalue weighted by atomic mass is 32.1. The van der Waals surface area contributed by atoms with E-state index in [-0.39, 0.29) is 11.0 Å². The number of carbonyl (C=O) groups excluding carboxylic acids is 1. The number of aryl methyl sites for hydroxylation is 1. The van der Waals surface area contributed by atoms with Gasteiger partial charge in [0.1, 0.15) is 0 Å². The average molecular weight is 380 g/mol. The third-order valence-corrected chi connectivity index (χ3v) is 4.50. The Morgan fingerprint density at radius 2 is 1.85 bits per heavy atom. The topological polar surface area (TPSA) is 54.0 Å². The van der Waals surface area contributed by atoms with Gasteiger partial charge in [0.2, 0.25) is 5.91 Å². The van der Waals surface area contributed by atoms with Crippen LogP contribution < -0.4 is 10.6 Å². The number of anilines is 1. The Balaban J connectivity index is 1.56. The Kier molecular flexibility index (Phi) is 5.88. The van der Waals surface area contributed by atoms with E-state index in [9.17, 15) is 4.79 Å². The van der Waals surface area contributed by atoms with Crippen LogP contribution in [0.25, 0.3) is 17.3 Å². The summed E-state index contributed by atoms with van der Waals surface area (Å²) in [7, 11) is 0. The van der Waals surface area contributed by atoms with Crippen molar-refractivity contribution in [2.75, 3.05) is 5.32 Å². The summed E-state index contributed by atoms with van der Waals surface area (Å²) in [5.74, 6) is -0.290. The second-order valence-corrected chi connectivity index (χ2v) is 6.86. The van der Waals surface area contributed by atoms with Gasteiger partial charge in [0, 0.05) is 17.0 Å². The lowest BCUT2D eigenvalue weighted by molar-refractivity contribution is -0.115. The molecule has 1 heterocycles. The lowest BCUT2D eigenvalue weighted by atomic mass is 10.1. The molecule has 0 unspecified atom stereocenters. The number of benzene rings is 2. The molecule has 3 rings (SSSR count). The summed E-state index contributed by atoms with van der Waals surface area (Å²) in [6.07, 6.45) is 3.18. The summed E-state index contributed by atoms with van der Waals surface area (Å²) < 4.78 is 0. The van der Waals surface area contributed by atoms with Crippen LogP contribution in [0.15, 0.2) is 66.1 Å². The Hall–Kier alpha value is -2.83. The van der Waals surface area contributed by atoms with Gasteiger partial charge in [0.25, 0.3) is 0 Å². The van der Waals surface area contributed by atoms with Crippen molar-refractivity contribution in [1.82, 2.24) is 10.3 Å². The predicted molar refractivity (Wildman–Crippen MR) is 112 cm³/mol. The molecule has 2 N–H and O–H groups in total. The SMILES string of the molecule is Cc1ccc(-c2csc(NC(=S)NC(=O)/C=C/c3ccccc3)n2)cc1. The molecule has 0 aliphatic rings. The van der Waals surface area contributed by atoms with Crippen LogP contribution in [0.2, 0.25) is 0 Å². The Labute approximate surface area is 161 Å². The molecular formula is C20H17N3OS2. The Morgan fingerprint density at radius 1 is 1.12 bits per heavy atom. The first-order chi connectivity index (χ1) is 12.6. The van der Waals surface area contributed by atoms with Gasteiger partial charge in [-0.2, -0.15) is 0 Å². The largest absolute Gasteiger partial charge is 0.308 e. The van der Waals surface area contributed by atoms with E-state index < -0.39 is 0 Å². The molecule has 0 aliphatic heterocycles. The molecule has 0 bridgehead atoms. The molecule has 6 heteroatoms. The molecule has 0 saturated carbocycles. The Bertz CT molecular complexity index is 931. The fourth-order valence-electron chi connectivity index (χ4n) is 2.21. The number of thiocarbonyl (C=S) groups is 1. The van der Waals surface area contributed by atoms with Crippen molar-refractivity contribution in [2.24, 2.45) is 0 Å². The number of carbonyl (C=O) groups is 1. The summed E-state index contributed by atoms with van der Waals surface area (Å²) in [5.41, 5.74) is 4.07. The van der Waals surface area contributed by atoms with E-state index >= 15 is 0 Å². The van der Waals surface area contributed by atoms with Gasteiger partial charge >= 0.3 is 0 Å². The lowest BCUT2D eigenvalue weighted by Gasteiger charge is -2.04. The molecule has 0 aliphatic carbocycles. The number of aromatic nitrogens is 1. The fraction of sp³-hybridized carbons (Fsp3) is 0.0500. The van der Waals surface area contributed by atoms with Crippen LogP contribution in [0.5, 0.6) is 0 Å². The minimum atomic E-state index is -0.290. The van der Waals surface area contributed by atoms with Gasteiger partial charge in [-0.1, -0.05) is 60.2 Å². The van der Waals surface area contributed by atoms with E-state index in [1.807, 2.05) is 66.9 Å². The third kappa shape index (κ3) is 5.08. The van der Waals surface area contributed by atoms with Crippen molar-refractivity contribution in [3.8, 4) is 11.3 Å². The van der Waals surface area contributed by atoms with Crippen molar-refractivity contribution >= 4 is 45.8 Å². The van der Waals surface area contributed by atoms with Gasteiger partial charge in [-0.05, 0) is 30.8 Å². The summed E-state index contributed by atoms with van der Waals surface area (Å²) in [5, 5.41) is 8.37. The van der Waals surface area contributed by atoms with E-state index in [2.05, 4.69) is 15.6 Å². The quantitative estimate of drug-likeness (QED) is 0.512. The van der Waals surface area contributed by atoms with Crippen LogP contribution in [0.1, 0.15) is 11.1 Å². The van der Waals surface area contributed by atoms with Crippen LogP contribution in [-0.2, 0) is 4.79 Å². The zero-order valence-electron chi connectivity index (χ0n) is 14.1. The zero-order chi connectivity index (χ0) is 18.4. The minimum absolute atomic E-state index is 0.220. The van der Waals surface area contributed by atoms with Crippen LogP contribution in [-0.4, -0.2) is 16.0 Å². The number of nitrogens with zero attached hydrogens (tertiary/aromatic N) is 1. The van der Waals surface area contributed by atoms with Crippen molar-refractivity contribution in [2.45, 2.75) is 6.92 Å². The summed E-state index contributed by atoms with van der Waals surface area (Å²) in [4.78, 5) is 16.4. The van der Waals surface area contributed by atoms with Gasteiger partial charge in [-0.15, -0.1) is 11.3 Å². The predicted octanol–water partition coefficient (Wildman–Crippen LogP) is 4.64. The zero-order valence-corrected chi connectivity index (χ0v) is 15.7. The molecule has 0 spiro atoms. The number of rotatable bonds is 4. The molecule has 1 amide bonds. The highest BCUT2D eigenvalue weighted by molar-refractivity contribution is 7.80. The number of hydrogen-bond donors (Lipinski definition) is 2. The second kappa shape index (κ2) is 8.51. The fourth-order valence-corrected chi connectivity index (χ4v) is 3.19. The van der Waals surface area contributed by atoms with Crippen LogP contribution in [0.4, 0.5) is 5.13 Å². The molecule has 0 radical (unpaired) electrons. The minimum Gasteiger partial charge on any atom is -0.308 e. The molecule has 1 aromatic heterocycles. The van der Waals surface area contributed by atoms with Crippen molar-refractivity contribution < 1.29 is 4.79 Å². The van der Waals surface area contributed by atoms with Crippen molar-refractivity contribution in [3.63, 3.8) is 0 Å². The van der Waals surface area contributed by atoms with E-state index in [4.69, 9.17) is 12.2 Å². The maximum atomic E-state index is 11.9. The normalized spacial score (nSPS) is 10.7. The van der Waals surface area contributed by atoms with E-state index in [0.717, 1.165) is 16.8 Å². The third-order valence-electron chi connectivity index (χ3n) is 3.54. The molecule has 4 nitrogen and oxygen atoms in total. The maximum Gasteiger partial charge on any atom is 0.250 e. The Morgan fingerprint density at radius 3 is 2.58 bits per heavy atom. The van der Waals surface area contributed by atoms with Gasteiger partial charge in [-0.25, -0.2) is 4.98 Å². The molecular weight excluding hydrogens is 362 g/mol. The monoisotopic (exact) mass is 379 g/mol. The standard InChI is InChI=1S/C20H17N3OS2/c1-14-7-10-16(11-8-14)17-13-26-20(21-17)23-19(25)22-18(24)12-9-15-5-3-2-4-6-15/h2-13H,1H3,(H2,21,22,23,24,25)/b12-9+. The van der Waals surface area contributed by atoms with Gasteiger partial charge in [0.15, 0.2) is 10.2 Å². The number of hydrogen-bond acceptors (Lipinski definition) is 4. The van der Waals surface area contributed by atoms with Gasteiger partial charge in [0.05, 0.1) is 5.69 Å². The van der Waals surface area contributed by atoms with Crippen molar-refractivity contribution in [3.05, 3.63) is 77.2 Å². The van der Waals surface area contributed by atoms with Gasteiger partial charge in [-0.3, -0.25) is 10.1 Å². The van der Waals surface area contributed by atoms with E-state index in [1.165, 1.54) is 23.0 Å². The summed E-state index contributed by atoms with van der Waals surface area (Å²) in [6, 6.07) is 17.7. The van der Waals surface area contributed by atoms with Crippen LogP contribution in [0, 0.1) is 6.92 Å². The molecule has 130 valence electrons.